The van der Waals surface area contributed by atoms with E-state index in [4.69, 9.17) is 40.1 Å². The fraction of sp³-hybridized carbons (Fsp3) is 0.155. The summed E-state index contributed by atoms with van der Waals surface area (Å²) in [5, 5.41) is 5.89. The van der Waals surface area contributed by atoms with Crippen LogP contribution in [0.5, 0.6) is 0 Å². The number of fused-ring (bicyclic) bond motifs is 9. The highest BCUT2D eigenvalue weighted by molar-refractivity contribution is 6.15. The van der Waals surface area contributed by atoms with Crippen molar-refractivity contribution < 1.29 is 40.7 Å². The molecule has 0 unspecified atom stereocenters. The number of aromatic nitrogens is 3. The Balaban J connectivity index is 0.000000137. The van der Waals surface area contributed by atoms with Crippen molar-refractivity contribution in [2.45, 2.75) is 69.1 Å². The first kappa shape index (κ1) is 48.7. The second kappa shape index (κ2) is 24.0. The van der Waals surface area contributed by atoms with E-state index in [9.17, 15) is 0 Å². The number of aryl methyl sites for hydroxylation is 5. The molecule has 0 radical (unpaired) electrons. The molecule has 0 aliphatic carbocycles. The number of pyridine rings is 3. The van der Waals surface area contributed by atoms with Crippen LogP contribution in [0.1, 0.15) is 69.6 Å². The van der Waals surface area contributed by atoms with Gasteiger partial charge in [0.15, 0.2) is 28.9 Å². The van der Waals surface area contributed by atoms with Crippen molar-refractivity contribution in [1.82, 2.24) is 0 Å². The minimum atomic E-state index is -2.32. The molecule has 8 nitrogen and oxygen atoms in total. The topological polar surface area (TPSA) is 59.8 Å². The van der Waals surface area contributed by atoms with E-state index < -0.39 is 13.7 Å². The zero-order valence-electron chi connectivity index (χ0n) is 63.2. The Morgan fingerprint density at radius 2 is 0.913 bits per heavy atom. The maximum Gasteiger partial charge on any atom is 0.213 e. The first-order valence-electron chi connectivity index (χ1n) is 35.4. The number of hydrogen-bond donors (Lipinski definition) is 0. The quantitative estimate of drug-likeness (QED) is 0.123. The Bertz CT molecular complexity index is 6000. The molecule has 448 valence electrons. The van der Waals surface area contributed by atoms with E-state index in [1.807, 2.05) is 173 Å². The summed E-state index contributed by atoms with van der Waals surface area (Å²) in [5.74, 6) is 0. The third-order valence-electron chi connectivity index (χ3n) is 17.9. The summed E-state index contributed by atoms with van der Waals surface area (Å²) >= 11 is 0. The normalized spacial score (nSPS) is 13.1. The zero-order valence-corrected chi connectivity index (χ0v) is 53.2. The van der Waals surface area contributed by atoms with Crippen LogP contribution in [0.4, 0.5) is 11.4 Å². The highest BCUT2D eigenvalue weighted by Gasteiger charge is 2.26. The fourth-order valence-corrected chi connectivity index (χ4v) is 12.9. The van der Waals surface area contributed by atoms with Crippen LogP contribution < -0.4 is 13.7 Å². The molecule has 0 aliphatic heterocycles. The molecule has 0 spiro atoms. The largest absolute Gasteiger partial charge is 0.457 e. The smallest absolute Gasteiger partial charge is 0.213 e. The van der Waals surface area contributed by atoms with Crippen molar-refractivity contribution in [3.63, 3.8) is 0 Å². The lowest BCUT2D eigenvalue weighted by Crippen LogP contribution is -2.36. The molecule has 15 rings (SSSR count). The molecule has 0 saturated heterocycles. The van der Waals surface area contributed by atoms with Crippen LogP contribution in [-0.2, 0) is 21.1 Å². The molecule has 6 aromatic heterocycles. The van der Waals surface area contributed by atoms with E-state index in [1.54, 1.807) is 49.2 Å². The first-order chi connectivity index (χ1) is 48.5. The summed E-state index contributed by atoms with van der Waals surface area (Å²) < 4.78 is 106. The van der Waals surface area contributed by atoms with E-state index >= 15 is 0 Å². The Hall–Kier alpha value is -11.2. The van der Waals surface area contributed by atoms with Crippen molar-refractivity contribution in [2.75, 3.05) is 0 Å². The number of benzene rings is 9. The van der Waals surface area contributed by atoms with Gasteiger partial charge in [0.2, 0.25) is 17.1 Å². The SMILES string of the molecule is [2H]c1c(C([2H])([2H])[2H])ccc(-c2ccc3oc4c(-c5ccccc5)c(C)ccc4c3c2C)[n+]1C.[2H]c1c(C)c(C([2H])([2H])[2H])c(C)[n+](C)c1-c1cc2oc3c(-c4ccccc4)c([N+]#[C-])ccc3c2cc1C.[2H]c1c(C)c([2H])c(-c2cc3oc4c(-c5ccccc5)c([N+]#[C-])ccc4c3cc2C)[n+](C)c1C. The first-order valence-corrected chi connectivity index (χ1v) is 30.4. The van der Waals surface area contributed by atoms with Crippen LogP contribution in [0.2, 0.25) is 0 Å². The highest BCUT2D eigenvalue weighted by atomic mass is 16.3. The van der Waals surface area contributed by atoms with Gasteiger partial charge in [-0.3, -0.25) is 0 Å². The molecule has 0 fully saturated rings. The maximum absolute atomic E-state index is 8.87. The third kappa shape index (κ3) is 10.4. The summed E-state index contributed by atoms with van der Waals surface area (Å²) in [6.07, 6.45) is -0.00830. The summed E-state index contributed by atoms with van der Waals surface area (Å²) in [7, 11) is 5.44. The lowest BCUT2D eigenvalue weighted by atomic mass is 9.95. The summed E-state index contributed by atoms with van der Waals surface area (Å²) in [5.41, 5.74) is 22.9. The van der Waals surface area contributed by atoms with Gasteiger partial charge < -0.3 is 13.3 Å². The van der Waals surface area contributed by atoms with Crippen LogP contribution in [0, 0.1) is 82.2 Å². The molecule has 0 bridgehead atoms. The van der Waals surface area contributed by atoms with Crippen LogP contribution >= 0.6 is 0 Å². The van der Waals surface area contributed by atoms with Gasteiger partial charge in [-0.05, 0) is 148 Å². The van der Waals surface area contributed by atoms with E-state index in [1.165, 1.54) is 0 Å². The summed E-state index contributed by atoms with van der Waals surface area (Å²) in [4.78, 5) is 7.48. The predicted octanol–water partition coefficient (Wildman–Crippen LogP) is 21.4. The molecule has 9 aromatic carbocycles. The van der Waals surface area contributed by atoms with E-state index in [2.05, 4.69) is 53.9 Å². The van der Waals surface area contributed by atoms with E-state index in [0.717, 1.165) is 138 Å². The van der Waals surface area contributed by atoms with Gasteiger partial charge in [0.05, 0.1) is 28.4 Å². The standard InChI is InChI=1S/C29H25N2O.C28H23N2O.C27H24NO/c1-17-15-26(31(6)20(4)19(17)3)23-16-27-24(14-18(23)2)22-12-13-25(30-5)28(29(22)32-27)21-10-8-7-9-11-21;1-17-13-19(3)30(5)25(14-17)22-16-26-23(15-18(22)2)21-11-12-24(29-4)27(28(21)31-26)20-9-7-6-8-10-20;1-17-10-14-23(28(4)16-17)21-13-15-24-26(19(21)3)22-12-11-18(2)25(27(22)29-24)20-8-6-5-7-9-20/h7-16H,1-4,6H3;6-16H,1-3,5H3;5-16H,1-4H3/q3*+1/i3D3,15D;13D,14D;1D3,16D. The lowest BCUT2D eigenvalue weighted by molar-refractivity contribution is -0.667. The zero-order chi connectivity index (χ0) is 72.9. The Labute approximate surface area is 551 Å². The molecule has 15 aromatic rings. The second-order valence-corrected chi connectivity index (χ2v) is 23.7. The summed E-state index contributed by atoms with van der Waals surface area (Å²) in [6, 6.07) is 58.0. The van der Waals surface area contributed by atoms with Gasteiger partial charge in [0, 0.05) is 112 Å². The van der Waals surface area contributed by atoms with Crippen molar-refractivity contribution in [3.8, 4) is 67.2 Å². The number of nitrogens with zero attached hydrogens (tertiary/aromatic N) is 5. The van der Waals surface area contributed by atoms with Crippen molar-refractivity contribution in [3.05, 3.63) is 279 Å². The fourth-order valence-electron chi connectivity index (χ4n) is 12.9. The number of hydrogen-bond acceptors (Lipinski definition) is 3. The van der Waals surface area contributed by atoms with Gasteiger partial charge in [-0.1, -0.05) is 127 Å². The minimum absolute atomic E-state index is 0.00830. The van der Waals surface area contributed by atoms with Crippen molar-refractivity contribution in [1.29, 1.82) is 0 Å². The Morgan fingerprint density at radius 3 is 1.45 bits per heavy atom. The average Bonchev–Trinajstić information content (AvgIpc) is 1.59. The van der Waals surface area contributed by atoms with Gasteiger partial charge >= 0.3 is 0 Å². The van der Waals surface area contributed by atoms with Crippen LogP contribution in [0.3, 0.4) is 0 Å². The molecule has 6 heterocycles. The number of rotatable bonds is 6. The molecule has 0 amide bonds. The van der Waals surface area contributed by atoms with Crippen molar-refractivity contribution in [2.24, 2.45) is 21.1 Å². The van der Waals surface area contributed by atoms with E-state index in [-0.39, 0.29) is 23.3 Å². The van der Waals surface area contributed by atoms with Crippen LogP contribution in [0.15, 0.2) is 213 Å². The number of furan rings is 3. The third-order valence-corrected chi connectivity index (χ3v) is 17.9. The van der Waals surface area contributed by atoms with Gasteiger partial charge in [-0.15, -0.1) is 0 Å². The molecule has 0 aliphatic rings. The van der Waals surface area contributed by atoms with Gasteiger partial charge in [-0.2, -0.15) is 9.13 Å². The van der Waals surface area contributed by atoms with Crippen LogP contribution in [-0.4, -0.2) is 0 Å². The minimum Gasteiger partial charge on any atom is -0.457 e. The van der Waals surface area contributed by atoms with Gasteiger partial charge in [-0.25, -0.2) is 14.3 Å². The second-order valence-electron chi connectivity index (χ2n) is 23.7. The molecule has 8 heteroatoms. The van der Waals surface area contributed by atoms with Gasteiger partial charge in [0.1, 0.15) is 56.0 Å². The molecule has 92 heavy (non-hydrogen) atoms. The Kier molecular flexibility index (Phi) is 12.7. The average molecular weight is 1210 g/mol. The van der Waals surface area contributed by atoms with Gasteiger partial charge in [0.25, 0.3) is 0 Å². The molecule has 0 N–H and O–H groups in total. The molecule has 0 saturated carbocycles. The molecular formula is C84H72N5O3+3. The molecule has 0 atom stereocenters. The predicted molar refractivity (Wildman–Crippen MR) is 377 cm³/mol. The van der Waals surface area contributed by atoms with E-state index in [0.29, 0.717) is 62.7 Å². The lowest BCUT2D eigenvalue weighted by Gasteiger charge is -2.10. The molecular weight excluding hydrogens is 1130 g/mol. The monoisotopic (exact) mass is 1210 g/mol. The maximum atomic E-state index is 8.87. The highest BCUT2D eigenvalue weighted by Crippen LogP contribution is 2.46. The van der Waals surface area contributed by atoms with Crippen molar-refractivity contribution >= 4 is 77.2 Å². The van der Waals surface area contributed by atoms with Crippen LogP contribution in [0.25, 0.3) is 143 Å². The summed E-state index contributed by atoms with van der Waals surface area (Å²) in [6.45, 7) is 26.1. The Morgan fingerprint density at radius 1 is 0.402 bits per heavy atom.